The zero-order valence-corrected chi connectivity index (χ0v) is 11.6. The van der Waals surface area contributed by atoms with Crippen LogP contribution in [0.1, 0.15) is 11.1 Å². The molecule has 0 radical (unpaired) electrons. The van der Waals surface area contributed by atoms with E-state index < -0.39 is 11.6 Å². The third-order valence-corrected chi connectivity index (χ3v) is 4.13. The van der Waals surface area contributed by atoms with Crippen molar-refractivity contribution >= 4 is 23.4 Å². The zero-order chi connectivity index (χ0) is 13.8. The summed E-state index contributed by atoms with van der Waals surface area (Å²) in [7, 11) is 0. The van der Waals surface area contributed by atoms with Crippen LogP contribution in [0.3, 0.4) is 0 Å². The summed E-state index contributed by atoms with van der Waals surface area (Å²) in [6.07, 6.45) is 0. The third kappa shape index (κ3) is 3.47. The first-order chi connectivity index (χ1) is 9.11. The van der Waals surface area contributed by atoms with Gasteiger partial charge in [-0.25, -0.2) is 8.78 Å². The fraction of sp³-hybridized carbons (Fsp3) is 0.143. The number of hydrogen-bond acceptors (Lipinski definition) is 2. The van der Waals surface area contributed by atoms with Crippen molar-refractivity contribution in [3.8, 4) is 0 Å². The van der Waals surface area contributed by atoms with Gasteiger partial charge >= 0.3 is 0 Å². The van der Waals surface area contributed by atoms with Gasteiger partial charge in [-0.3, -0.25) is 0 Å². The number of rotatable bonds is 4. The number of nitrogens with two attached hydrogens (primary N) is 1. The van der Waals surface area contributed by atoms with E-state index in [-0.39, 0.29) is 11.4 Å². The molecular formula is C14H12ClF2NS. The fourth-order valence-corrected chi connectivity index (χ4v) is 2.86. The maximum Gasteiger partial charge on any atom is 0.140 e. The van der Waals surface area contributed by atoms with Crippen molar-refractivity contribution in [2.45, 2.75) is 17.2 Å². The van der Waals surface area contributed by atoms with Crippen molar-refractivity contribution < 1.29 is 8.78 Å². The van der Waals surface area contributed by atoms with Gasteiger partial charge in [-0.05, 0) is 29.3 Å². The molecule has 0 bridgehead atoms. The Morgan fingerprint density at radius 3 is 2.32 bits per heavy atom. The molecule has 2 N–H and O–H groups in total. The largest absolute Gasteiger partial charge is 0.326 e. The van der Waals surface area contributed by atoms with Crippen LogP contribution in [0.2, 0.25) is 5.02 Å². The minimum absolute atomic E-state index is 0.00267. The molecule has 0 saturated heterocycles. The molecule has 0 aromatic heterocycles. The predicted molar refractivity (Wildman–Crippen MR) is 75.3 cm³/mol. The highest BCUT2D eigenvalue weighted by Gasteiger charge is 2.12. The average Bonchev–Trinajstić information content (AvgIpc) is 2.39. The third-order valence-electron chi connectivity index (χ3n) is 2.62. The van der Waals surface area contributed by atoms with Crippen LogP contribution in [0.15, 0.2) is 41.3 Å². The summed E-state index contributed by atoms with van der Waals surface area (Å²) in [4.78, 5) is -0.00267. The van der Waals surface area contributed by atoms with Crippen LogP contribution in [0.4, 0.5) is 8.78 Å². The van der Waals surface area contributed by atoms with Crippen molar-refractivity contribution in [2.75, 3.05) is 0 Å². The molecule has 0 fully saturated rings. The van der Waals surface area contributed by atoms with Crippen LogP contribution in [-0.4, -0.2) is 0 Å². The molecule has 2 aromatic carbocycles. The van der Waals surface area contributed by atoms with E-state index in [4.69, 9.17) is 17.3 Å². The second-order valence-electron chi connectivity index (χ2n) is 3.97. The second kappa shape index (κ2) is 6.37. The van der Waals surface area contributed by atoms with Gasteiger partial charge < -0.3 is 5.73 Å². The van der Waals surface area contributed by atoms with Crippen molar-refractivity contribution in [2.24, 2.45) is 5.73 Å². The molecule has 2 rings (SSSR count). The normalized spacial score (nSPS) is 10.7. The van der Waals surface area contributed by atoms with E-state index >= 15 is 0 Å². The van der Waals surface area contributed by atoms with Gasteiger partial charge in [0, 0.05) is 17.3 Å². The van der Waals surface area contributed by atoms with Gasteiger partial charge in [0.2, 0.25) is 0 Å². The van der Waals surface area contributed by atoms with E-state index in [9.17, 15) is 8.78 Å². The maximum atomic E-state index is 13.8. The van der Waals surface area contributed by atoms with Crippen LogP contribution in [0.5, 0.6) is 0 Å². The number of thioether (sulfide) groups is 1. The van der Waals surface area contributed by atoms with Gasteiger partial charge in [0.25, 0.3) is 0 Å². The van der Waals surface area contributed by atoms with Crippen molar-refractivity contribution in [3.05, 3.63) is 64.2 Å². The monoisotopic (exact) mass is 299 g/mol. The lowest BCUT2D eigenvalue weighted by molar-refractivity contribution is 0.537. The summed E-state index contributed by atoms with van der Waals surface area (Å²) in [6.45, 7) is 0.114. The Hall–Kier alpha value is -1.10. The molecule has 0 amide bonds. The molecule has 0 aliphatic carbocycles. The van der Waals surface area contributed by atoms with E-state index in [2.05, 4.69) is 0 Å². The van der Waals surface area contributed by atoms with Crippen LogP contribution < -0.4 is 5.73 Å². The fourth-order valence-electron chi connectivity index (χ4n) is 1.63. The standard InChI is InChI=1S/C14H12ClF2NS/c15-11-4-2-1-3-10(11)8-19-14-12(16)5-9(7-18)6-13(14)17/h1-6H,7-8,18H2. The van der Waals surface area contributed by atoms with E-state index in [1.807, 2.05) is 18.2 Å². The van der Waals surface area contributed by atoms with Crippen molar-refractivity contribution in [3.63, 3.8) is 0 Å². The number of benzene rings is 2. The second-order valence-corrected chi connectivity index (χ2v) is 5.37. The summed E-state index contributed by atoms with van der Waals surface area (Å²) in [6, 6.07) is 9.76. The molecular weight excluding hydrogens is 288 g/mol. The van der Waals surface area contributed by atoms with E-state index in [0.717, 1.165) is 17.3 Å². The molecule has 0 aliphatic heterocycles. The minimum Gasteiger partial charge on any atom is -0.326 e. The number of hydrogen-bond donors (Lipinski definition) is 1. The van der Waals surface area contributed by atoms with Crippen LogP contribution in [0, 0.1) is 11.6 Å². The SMILES string of the molecule is NCc1cc(F)c(SCc2ccccc2Cl)c(F)c1. The summed E-state index contributed by atoms with van der Waals surface area (Å²) < 4.78 is 27.5. The minimum atomic E-state index is -0.586. The Balaban J connectivity index is 2.18. The molecule has 2 aromatic rings. The Bertz CT molecular complexity index is 566. The molecule has 0 unspecified atom stereocenters. The van der Waals surface area contributed by atoms with Gasteiger partial charge in [0.1, 0.15) is 11.6 Å². The van der Waals surface area contributed by atoms with Gasteiger partial charge in [0.05, 0.1) is 4.90 Å². The highest BCUT2D eigenvalue weighted by molar-refractivity contribution is 7.98. The Morgan fingerprint density at radius 2 is 1.74 bits per heavy atom. The number of halogens is 3. The van der Waals surface area contributed by atoms with Crippen LogP contribution in [-0.2, 0) is 12.3 Å². The molecule has 1 nitrogen and oxygen atoms in total. The van der Waals surface area contributed by atoms with Crippen LogP contribution in [0.25, 0.3) is 0 Å². The quantitative estimate of drug-likeness (QED) is 0.848. The van der Waals surface area contributed by atoms with Gasteiger partial charge in [0.15, 0.2) is 0 Å². The molecule has 100 valence electrons. The molecule has 0 saturated carbocycles. The Labute approximate surface area is 119 Å². The lowest BCUT2D eigenvalue weighted by atomic mass is 10.2. The average molecular weight is 300 g/mol. The Morgan fingerprint density at radius 1 is 1.11 bits per heavy atom. The Kier molecular flexibility index (Phi) is 4.80. The van der Waals surface area contributed by atoms with E-state index in [1.54, 1.807) is 6.07 Å². The van der Waals surface area contributed by atoms with Gasteiger partial charge in [-0.2, -0.15) is 0 Å². The topological polar surface area (TPSA) is 26.0 Å². The molecule has 0 atom stereocenters. The van der Waals surface area contributed by atoms with Gasteiger partial charge in [-0.15, -0.1) is 11.8 Å². The first kappa shape index (κ1) is 14.3. The summed E-state index contributed by atoms with van der Waals surface area (Å²) in [5.41, 5.74) is 6.65. The molecule has 0 spiro atoms. The molecule has 0 aliphatic rings. The van der Waals surface area contributed by atoms with E-state index in [1.165, 1.54) is 12.1 Å². The van der Waals surface area contributed by atoms with E-state index in [0.29, 0.717) is 16.3 Å². The predicted octanol–water partition coefficient (Wildman–Crippen LogP) is 4.37. The summed E-state index contributed by atoms with van der Waals surface area (Å²) in [5, 5.41) is 0.592. The van der Waals surface area contributed by atoms with Crippen molar-refractivity contribution in [1.82, 2.24) is 0 Å². The highest BCUT2D eigenvalue weighted by atomic mass is 35.5. The lowest BCUT2D eigenvalue weighted by Gasteiger charge is -2.08. The molecule has 5 heteroatoms. The molecule has 0 heterocycles. The molecule has 19 heavy (non-hydrogen) atoms. The summed E-state index contributed by atoms with van der Waals surface area (Å²) in [5.74, 6) is -0.759. The van der Waals surface area contributed by atoms with Crippen LogP contribution >= 0.6 is 23.4 Å². The lowest BCUT2D eigenvalue weighted by Crippen LogP contribution is -1.99. The first-order valence-corrected chi connectivity index (χ1v) is 7.02. The smallest absolute Gasteiger partial charge is 0.140 e. The first-order valence-electron chi connectivity index (χ1n) is 5.66. The summed E-state index contributed by atoms with van der Waals surface area (Å²) >= 11 is 7.09. The maximum absolute atomic E-state index is 13.8. The van der Waals surface area contributed by atoms with Gasteiger partial charge in [-0.1, -0.05) is 29.8 Å². The highest BCUT2D eigenvalue weighted by Crippen LogP contribution is 2.31. The zero-order valence-electron chi connectivity index (χ0n) is 10.00. The van der Waals surface area contributed by atoms with Crippen molar-refractivity contribution in [1.29, 1.82) is 0 Å².